The number of benzene rings is 2. The van der Waals surface area contributed by atoms with Gasteiger partial charge in [-0.3, -0.25) is 9.59 Å². The number of ether oxygens (including phenoxy) is 2. The molecule has 1 heterocycles. The maximum Gasteiger partial charge on any atom is 0.321 e. The maximum atomic E-state index is 12.3. The Kier molecular flexibility index (Phi) is 4.42. The standard InChI is InChI=1S/C19H18O4/c1-2-22-18(20)16-15(13-9-5-3-6-10-13)17(23-19(16)21)14-11-7-4-8-12-14/h3-12,15-17H,2H2,1H3/t15-,16?,17-/m0/s1. The lowest BCUT2D eigenvalue weighted by Gasteiger charge is -2.21. The van der Waals surface area contributed by atoms with Crippen LogP contribution in [-0.2, 0) is 19.1 Å². The normalized spacial score (nSPS) is 23.3. The molecular weight excluding hydrogens is 292 g/mol. The molecule has 1 fully saturated rings. The minimum Gasteiger partial charge on any atom is -0.465 e. The number of esters is 2. The summed E-state index contributed by atoms with van der Waals surface area (Å²) in [6.45, 7) is 1.96. The summed E-state index contributed by atoms with van der Waals surface area (Å²) < 4.78 is 10.6. The molecule has 0 spiro atoms. The Morgan fingerprint density at radius 3 is 2.13 bits per heavy atom. The lowest BCUT2D eigenvalue weighted by Crippen LogP contribution is -2.27. The molecule has 3 rings (SSSR count). The molecule has 1 saturated heterocycles. The van der Waals surface area contributed by atoms with Crippen LogP contribution in [0.25, 0.3) is 0 Å². The third-order valence-corrected chi connectivity index (χ3v) is 4.04. The highest BCUT2D eigenvalue weighted by Gasteiger charge is 2.50. The Morgan fingerprint density at radius 2 is 1.57 bits per heavy atom. The number of cyclic esters (lactones) is 1. The van der Waals surface area contributed by atoms with Crippen molar-refractivity contribution in [3.05, 3.63) is 71.8 Å². The van der Waals surface area contributed by atoms with Crippen molar-refractivity contribution in [2.75, 3.05) is 6.61 Å². The molecule has 0 aliphatic carbocycles. The van der Waals surface area contributed by atoms with Crippen molar-refractivity contribution >= 4 is 11.9 Å². The first-order valence-electron chi connectivity index (χ1n) is 7.69. The summed E-state index contributed by atoms with van der Waals surface area (Å²) in [5.74, 6) is -2.36. The van der Waals surface area contributed by atoms with E-state index in [0.717, 1.165) is 11.1 Å². The fraction of sp³-hybridized carbons (Fsp3) is 0.263. The van der Waals surface area contributed by atoms with Gasteiger partial charge in [0.2, 0.25) is 0 Å². The van der Waals surface area contributed by atoms with E-state index in [4.69, 9.17) is 9.47 Å². The van der Waals surface area contributed by atoms with E-state index < -0.39 is 24.0 Å². The molecule has 4 heteroatoms. The third-order valence-electron chi connectivity index (χ3n) is 4.04. The molecule has 118 valence electrons. The topological polar surface area (TPSA) is 52.6 Å². The molecule has 4 nitrogen and oxygen atoms in total. The molecule has 2 aromatic rings. The van der Waals surface area contributed by atoms with Crippen LogP contribution in [0, 0.1) is 5.92 Å². The van der Waals surface area contributed by atoms with E-state index in [2.05, 4.69) is 0 Å². The van der Waals surface area contributed by atoms with Crippen LogP contribution in [0.4, 0.5) is 0 Å². The van der Waals surface area contributed by atoms with Crippen LogP contribution in [-0.4, -0.2) is 18.5 Å². The molecule has 23 heavy (non-hydrogen) atoms. The first-order valence-corrected chi connectivity index (χ1v) is 7.69. The van der Waals surface area contributed by atoms with Crippen molar-refractivity contribution < 1.29 is 19.1 Å². The van der Waals surface area contributed by atoms with Crippen LogP contribution in [0.15, 0.2) is 60.7 Å². The van der Waals surface area contributed by atoms with Crippen LogP contribution in [0.3, 0.4) is 0 Å². The Bertz CT molecular complexity index is 681. The van der Waals surface area contributed by atoms with Crippen molar-refractivity contribution in [1.29, 1.82) is 0 Å². The molecule has 0 bridgehead atoms. The van der Waals surface area contributed by atoms with E-state index in [0.29, 0.717) is 0 Å². The molecular formula is C19H18O4. The molecule has 3 atom stereocenters. The Morgan fingerprint density at radius 1 is 1.00 bits per heavy atom. The first-order chi connectivity index (χ1) is 11.2. The van der Waals surface area contributed by atoms with Crippen molar-refractivity contribution in [3.8, 4) is 0 Å². The predicted octanol–water partition coefficient (Wildman–Crippen LogP) is 3.25. The van der Waals surface area contributed by atoms with Crippen LogP contribution >= 0.6 is 0 Å². The van der Waals surface area contributed by atoms with Gasteiger partial charge >= 0.3 is 11.9 Å². The molecule has 0 amide bonds. The molecule has 1 unspecified atom stereocenters. The van der Waals surface area contributed by atoms with Crippen molar-refractivity contribution in [2.24, 2.45) is 5.92 Å². The number of rotatable bonds is 4. The Hall–Kier alpha value is -2.62. The summed E-state index contributed by atoms with van der Waals surface area (Å²) >= 11 is 0. The SMILES string of the molecule is CCOC(=O)C1C(=O)O[C@@H](c2ccccc2)[C@H]1c1ccccc1. The van der Waals surface area contributed by atoms with Crippen LogP contribution in [0.2, 0.25) is 0 Å². The fourth-order valence-corrected chi connectivity index (χ4v) is 3.03. The summed E-state index contributed by atoms with van der Waals surface area (Å²) in [7, 11) is 0. The molecule has 0 aromatic heterocycles. The summed E-state index contributed by atoms with van der Waals surface area (Å²) in [4.78, 5) is 24.6. The van der Waals surface area contributed by atoms with E-state index in [9.17, 15) is 9.59 Å². The van der Waals surface area contributed by atoms with E-state index in [1.165, 1.54) is 0 Å². The van der Waals surface area contributed by atoms with Crippen molar-refractivity contribution in [2.45, 2.75) is 18.9 Å². The zero-order valence-electron chi connectivity index (χ0n) is 12.8. The summed E-state index contributed by atoms with van der Waals surface area (Å²) in [6, 6.07) is 19.0. The zero-order chi connectivity index (χ0) is 16.2. The second kappa shape index (κ2) is 6.65. The fourth-order valence-electron chi connectivity index (χ4n) is 3.03. The minimum absolute atomic E-state index is 0.236. The molecule has 1 aliphatic heterocycles. The Labute approximate surface area is 135 Å². The zero-order valence-corrected chi connectivity index (χ0v) is 12.8. The average molecular weight is 310 g/mol. The molecule has 2 aromatic carbocycles. The van der Waals surface area contributed by atoms with Crippen molar-refractivity contribution in [3.63, 3.8) is 0 Å². The summed E-state index contributed by atoms with van der Waals surface area (Å²) in [5.41, 5.74) is 1.77. The van der Waals surface area contributed by atoms with E-state index in [1.807, 2.05) is 60.7 Å². The Balaban J connectivity index is 2.03. The quantitative estimate of drug-likeness (QED) is 0.642. The minimum atomic E-state index is -0.928. The molecule has 0 radical (unpaired) electrons. The lowest BCUT2D eigenvalue weighted by molar-refractivity contribution is -0.156. The first kappa shape index (κ1) is 15.3. The highest BCUT2D eigenvalue weighted by Crippen LogP contribution is 2.46. The number of carbonyl (C=O) groups excluding carboxylic acids is 2. The van der Waals surface area contributed by atoms with Gasteiger partial charge < -0.3 is 9.47 Å². The molecule has 0 saturated carbocycles. The van der Waals surface area contributed by atoms with Crippen LogP contribution < -0.4 is 0 Å². The number of hydrogen-bond donors (Lipinski definition) is 0. The predicted molar refractivity (Wildman–Crippen MR) is 84.6 cm³/mol. The van der Waals surface area contributed by atoms with Crippen LogP contribution in [0.1, 0.15) is 30.1 Å². The second-order valence-corrected chi connectivity index (χ2v) is 5.43. The maximum absolute atomic E-state index is 12.3. The van der Waals surface area contributed by atoms with Gasteiger partial charge in [0.1, 0.15) is 6.10 Å². The number of carbonyl (C=O) groups is 2. The van der Waals surface area contributed by atoms with E-state index in [1.54, 1.807) is 6.92 Å². The van der Waals surface area contributed by atoms with Crippen LogP contribution in [0.5, 0.6) is 0 Å². The van der Waals surface area contributed by atoms with Gasteiger partial charge in [-0.15, -0.1) is 0 Å². The second-order valence-electron chi connectivity index (χ2n) is 5.43. The van der Waals surface area contributed by atoms with Gasteiger partial charge in [-0.25, -0.2) is 0 Å². The largest absolute Gasteiger partial charge is 0.465 e. The monoisotopic (exact) mass is 310 g/mol. The lowest BCUT2D eigenvalue weighted by atomic mass is 9.82. The highest BCUT2D eigenvalue weighted by atomic mass is 16.6. The molecule has 1 aliphatic rings. The summed E-state index contributed by atoms with van der Waals surface area (Å²) in [6.07, 6.45) is -0.486. The van der Waals surface area contributed by atoms with Gasteiger partial charge in [0.25, 0.3) is 0 Å². The van der Waals surface area contributed by atoms with Crippen molar-refractivity contribution in [1.82, 2.24) is 0 Å². The third kappa shape index (κ3) is 2.97. The van der Waals surface area contributed by atoms with Gasteiger partial charge in [-0.05, 0) is 18.1 Å². The van der Waals surface area contributed by atoms with E-state index >= 15 is 0 Å². The highest BCUT2D eigenvalue weighted by molar-refractivity contribution is 5.98. The molecule has 0 N–H and O–H groups in total. The smallest absolute Gasteiger partial charge is 0.321 e. The van der Waals surface area contributed by atoms with Gasteiger partial charge in [0, 0.05) is 5.92 Å². The summed E-state index contributed by atoms with van der Waals surface area (Å²) in [5, 5.41) is 0. The average Bonchev–Trinajstić information content (AvgIpc) is 2.94. The van der Waals surface area contributed by atoms with Gasteiger partial charge in [-0.1, -0.05) is 60.7 Å². The van der Waals surface area contributed by atoms with E-state index in [-0.39, 0.29) is 12.5 Å². The van der Waals surface area contributed by atoms with Gasteiger partial charge in [0.15, 0.2) is 5.92 Å². The number of hydrogen-bond acceptors (Lipinski definition) is 4. The van der Waals surface area contributed by atoms with Gasteiger partial charge in [0.05, 0.1) is 6.61 Å². The van der Waals surface area contributed by atoms with Gasteiger partial charge in [-0.2, -0.15) is 0 Å².